The van der Waals surface area contributed by atoms with Crippen LogP contribution in [-0.2, 0) is 0 Å². The van der Waals surface area contributed by atoms with Crippen molar-refractivity contribution in [1.29, 1.82) is 0 Å². The lowest BCUT2D eigenvalue weighted by atomic mass is 9.84. The van der Waals surface area contributed by atoms with Crippen LogP contribution < -0.4 is 5.73 Å². The van der Waals surface area contributed by atoms with Crippen LogP contribution in [0.25, 0.3) is 0 Å². The van der Waals surface area contributed by atoms with Gasteiger partial charge in [0, 0.05) is 12.0 Å². The first-order chi connectivity index (χ1) is 7.07. The first-order valence-electron chi connectivity index (χ1n) is 5.58. The van der Waals surface area contributed by atoms with Gasteiger partial charge in [-0.25, -0.2) is 4.39 Å². The Bertz CT molecular complexity index is 309. The molecule has 2 N–H and O–H groups in total. The van der Waals surface area contributed by atoms with Crippen LogP contribution >= 0.6 is 0 Å². The molecule has 0 bridgehead atoms. The van der Waals surface area contributed by atoms with Crippen molar-refractivity contribution in [3.63, 3.8) is 0 Å². The summed E-state index contributed by atoms with van der Waals surface area (Å²) in [6.07, 6.45) is 0.875. The maximum absolute atomic E-state index is 13.6. The molecule has 15 heavy (non-hydrogen) atoms. The van der Waals surface area contributed by atoms with Crippen molar-refractivity contribution < 1.29 is 4.39 Å². The van der Waals surface area contributed by atoms with E-state index in [9.17, 15) is 4.39 Å². The Balaban J connectivity index is 2.97. The first-order valence-corrected chi connectivity index (χ1v) is 5.58. The molecule has 1 aromatic carbocycles. The van der Waals surface area contributed by atoms with Crippen LogP contribution in [0.1, 0.15) is 38.7 Å². The Morgan fingerprint density at radius 3 is 2.33 bits per heavy atom. The summed E-state index contributed by atoms with van der Waals surface area (Å²) in [6.45, 7) is 6.21. The lowest BCUT2D eigenvalue weighted by Gasteiger charge is -2.26. The smallest absolute Gasteiger partial charge is 0.126 e. The van der Waals surface area contributed by atoms with E-state index in [1.807, 2.05) is 12.1 Å². The maximum atomic E-state index is 13.6. The maximum Gasteiger partial charge on any atom is 0.126 e. The lowest BCUT2D eigenvalue weighted by Crippen LogP contribution is -2.33. The van der Waals surface area contributed by atoms with Gasteiger partial charge in [-0.3, -0.25) is 0 Å². The summed E-state index contributed by atoms with van der Waals surface area (Å²) in [7, 11) is 0. The van der Waals surface area contributed by atoms with Gasteiger partial charge in [-0.15, -0.1) is 0 Å². The average Bonchev–Trinajstić information content (AvgIpc) is 2.21. The van der Waals surface area contributed by atoms with E-state index in [1.54, 1.807) is 6.07 Å². The number of rotatable bonds is 4. The van der Waals surface area contributed by atoms with Crippen LogP contribution in [0.15, 0.2) is 24.3 Å². The molecule has 0 saturated heterocycles. The highest BCUT2D eigenvalue weighted by atomic mass is 19.1. The van der Waals surface area contributed by atoms with Crippen LogP contribution in [0.4, 0.5) is 4.39 Å². The summed E-state index contributed by atoms with van der Waals surface area (Å²) in [6, 6.07) is 6.95. The van der Waals surface area contributed by atoms with Crippen LogP contribution in [0, 0.1) is 11.7 Å². The van der Waals surface area contributed by atoms with E-state index >= 15 is 0 Å². The summed E-state index contributed by atoms with van der Waals surface area (Å²) in [4.78, 5) is 0. The minimum Gasteiger partial charge on any atom is -0.327 e. The van der Waals surface area contributed by atoms with E-state index in [-0.39, 0.29) is 17.8 Å². The quantitative estimate of drug-likeness (QED) is 0.809. The highest BCUT2D eigenvalue weighted by Gasteiger charge is 2.22. The van der Waals surface area contributed by atoms with Gasteiger partial charge < -0.3 is 5.73 Å². The van der Waals surface area contributed by atoms with Crippen LogP contribution in [0.3, 0.4) is 0 Å². The zero-order valence-electron chi connectivity index (χ0n) is 9.70. The standard InChI is InChI=1S/C13H20FN/c1-4-10(13(15)9(2)3)11-7-5-6-8-12(11)14/h5-10,13H,4,15H2,1-3H3. The number of hydrogen-bond donors (Lipinski definition) is 1. The molecular formula is C13H20FN. The van der Waals surface area contributed by atoms with Gasteiger partial charge in [-0.2, -0.15) is 0 Å². The summed E-state index contributed by atoms with van der Waals surface area (Å²) in [5, 5.41) is 0. The third-order valence-electron chi connectivity index (χ3n) is 2.98. The van der Waals surface area contributed by atoms with Gasteiger partial charge in [-0.1, -0.05) is 39.0 Å². The summed E-state index contributed by atoms with van der Waals surface area (Å²) < 4.78 is 13.6. The summed E-state index contributed by atoms with van der Waals surface area (Å²) in [5.41, 5.74) is 6.86. The highest BCUT2D eigenvalue weighted by molar-refractivity contribution is 5.23. The molecule has 1 rings (SSSR count). The highest BCUT2D eigenvalue weighted by Crippen LogP contribution is 2.27. The molecule has 0 aliphatic carbocycles. The monoisotopic (exact) mass is 209 g/mol. The van der Waals surface area contributed by atoms with Gasteiger partial charge in [-0.05, 0) is 24.0 Å². The van der Waals surface area contributed by atoms with E-state index in [2.05, 4.69) is 20.8 Å². The molecule has 2 atom stereocenters. The average molecular weight is 209 g/mol. The van der Waals surface area contributed by atoms with Crippen molar-refractivity contribution in [3.8, 4) is 0 Å². The molecule has 0 fully saturated rings. The molecule has 0 heterocycles. The van der Waals surface area contributed by atoms with Gasteiger partial charge in [0.25, 0.3) is 0 Å². The van der Waals surface area contributed by atoms with Crippen LogP contribution in [-0.4, -0.2) is 6.04 Å². The van der Waals surface area contributed by atoms with E-state index in [0.29, 0.717) is 5.92 Å². The Kier molecular flexibility index (Phi) is 4.28. The predicted octanol–water partition coefficient (Wildman–Crippen LogP) is 3.30. The Hall–Kier alpha value is -0.890. The molecule has 1 aromatic rings. The van der Waals surface area contributed by atoms with Crippen molar-refractivity contribution >= 4 is 0 Å². The SMILES string of the molecule is CCC(c1ccccc1F)C(N)C(C)C. The van der Waals surface area contributed by atoms with Crippen LogP contribution in [0.2, 0.25) is 0 Å². The minimum atomic E-state index is -0.138. The molecule has 1 nitrogen and oxygen atoms in total. The number of hydrogen-bond acceptors (Lipinski definition) is 1. The molecule has 2 heteroatoms. The Labute approximate surface area is 91.5 Å². The van der Waals surface area contributed by atoms with Crippen molar-refractivity contribution in [2.24, 2.45) is 11.7 Å². The summed E-state index contributed by atoms with van der Waals surface area (Å²) in [5.74, 6) is 0.348. The molecule has 0 amide bonds. The van der Waals surface area contributed by atoms with Crippen molar-refractivity contribution in [2.75, 3.05) is 0 Å². The van der Waals surface area contributed by atoms with Gasteiger partial charge in [0.05, 0.1) is 0 Å². The zero-order chi connectivity index (χ0) is 11.4. The minimum absolute atomic E-state index is 0.0203. The molecule has 2 unspecified atom stereocenters. The van der Waals surface area contributed by atoms with Crippen molar-refractivity contribution in [3.05, 3.63) is 35.6 Å². The number of nitrogens with two attached hydrogens (primary N) is 1. The van der Waals surface area contributed by atoms with E-state index in [0.717, 1.165) is 12.0 Å². The molecule has 0 spiro atoms. The topological polar surface area (TPSA) is 26.0 Å². The molecule has 0 aromatic heterocycles. The Morgan fingerprint density at radius 2 is 1.87 bits per heavy atom. The van der Waals surface area contributed by atoms with Crippen molar-refractivity contribution in [1.82, 2.24) is 0 Å². The van der Waals surface area contributed by atoms with Crippen LogP contribution in [0.5, 0.6) is 0 Å². The predicted molar refractivity (Wildman–Crippen MR) is 62.2 cm³/mol. The second-order valence-electron chi connectivity index (χ2n) is 4.36. The molecule has 0 aliphatic heterocycles. The third kappa shape index (κ3) is 2.78. The van der Waals surface area contributed by atoms with E-state index in [4.69, 9.17) is 5.73 Å². The summed E-state index contributed by atoms with van der Waals surface area (Å²) >= 11 is 0. The molecule has 0 radical (unpaired) electrons. The fourth-order valence-corrected chi connectivity index (χ4v) is 1.94. The van der Waals surface area contributed by atoms with Gasteiger partial charge >= 0.3 is 0 Å². The molecule has 0 aliphatic rings. The fourth-order valence-electron chi connectivity index (χ4n) is 1.94. The zero-order valence-corrected chi connectivity index (χ0v) is 9.70. The van der Waals surface area contributed by atoms with Gasteiger partial charge in [0.15, 0.2) is 0 Å². The van der Waals surface area contributed by atoms with E-state index < -0.39 is 0 Å². The van der Waals surface area contributed by atoms with Gasteiger partial charge in [0.1, 0.15) is 5.82 Å². The fraction of sp³-hybridized carbons (Fsp3) is 0.538. The van der Waals surface area contributed by atoms with Gasteiger partial charge in [0.2, 0.25) is 0 Å². The molecular weight excluding hydrogens is 189 g/mol. The number of benzene rings is 1. The first kappa shape index (κ1) is 12.2. The number of halogens is 1. The lowest BCUT2D eigenvalue weighted by molar-refractivity contribution is 0.398. The Morgan fingerprint density at radius 1 is 1.27 bits per heavy atom. The third-order valence-corrected chi connectivity index (χ3v) is 2.98. The largest absolute Gasteiger partial charge is 0.327 e. The van der Waals surface area contributed by atoms with Crippen molar-refractivity contribution in [2.45, 2.75) is 39.2 Å². The van der Waals surface area contributed by atoms with E-state index in [1.165, 1.54) is 6.07 Å². The second-order valence-corrected chi connectivity index (χ2v) is 4.36. The molecule has 0 saturated carbocycles. The molecule has 84 valence electrons. The normalized spacial score (nSPS) is 15.3. The second kappa shape index (κ2) is 5.26.